The number of hydrogen-bond acceptors (Lipinski definition) is 4. The molecule has 1 aliphatic rings. The number of ether oxygens (including phenoxy) is 1. The van der Waals surface area contributed by atoms with Crippen LogP contribution in [0, 0.1) is 5.92 Å². The Morgan fingerprint density at radius 1 is 1.47 bits per heavy atom. The molecule has 1 saturated carbocycles. The van der Waals surface area contributed by atoms with Gasteiger partial charge in [-0.2, -0.15) is 0 Å². The molecule has 1 amide bonds. The molecular formula is C11H21ClN2O3. The minimum atomic E-state index is -0.316. The van der Waals surface area contributed by atoms with Crippen molar-refractivity contribution in [2.75, 3.05) is 7.11 Å². The molecule has 1 fully saturated rings. The molecular weight excluding hydrogens is 244 g/mol. The van der Waals surface area contributed by atoms with Gasteiger partial charge in [-0.15, -0.1) is 12.4 Å². The molecule has 0 aromatic carbocycles. The van der Waals surface area contributed by atoms with Crippen molar-refractivity contribution in [1.82, 2.24) is 5.32 Å². The van der Waals surface area contributed by atoms with Gasteiger partial charge in [0.2, 0.25) is 5.91 Å². The standard InChI is InChI=1S/C11H20N2O3.ClH/c1-7(6-10(14)16-2)13-11(15)8-4-3-5-9(8)12;/h7-9H,3-6,12H2,1-2H3,(H,13,15);1H. The predicted molar refractivity (Wildman–Crippen MR) is 66.8 cm³/mol. The van der Waals surface area contributed by atoms with E-state index in [2.05, 4.69) is 10.1 Å². The van der Waals surface area contributed by atoms with Crippen molar-refractivity contribution >= 4 is 24.3 Å². The van der Waals surface area contributed by atoms with Gasteiger partial charge < -0.3 is 15.8 Å². The molecule has 0 saturated heterocycles. The van der Waals surface area contributed by atoms with Gasteiger partial charge in [0.05, 0.1) is 19.4 Å². The number of carbonyl (C=O) groups excluding carboxylic acids is 2. The number of nitrogens with one attached hydrogen (secondary N) is 1. The van der Waals surface area contributed by atoms with Gasteiger partial charge >= 0.3 is 5.97 Å². The van der Waals surface area contributed by atoms with Crippen molar-refractivity contribution < 1.29 is 14.3 Å². The molecule has 3 unspecified atom stereocenters. The summed E-state index contributed by atoms with van der Waals surface area (Å²) in [6.07, 6.45) is 2.95. The van der Waals surface area contributed by atoms with Crippen LogP contribution in [0.25, 0.3) is 0 Å². The molecule has 0 spiro atoms. The van der Waals surface area contributed by atoms with Crippen LogP contribution in [-0.4, -0.2) is 31.1 Å². The van der Waals surface area contributed by atoms with E-state index in [1.54, 1.807) is 6.92 Å². The molecule has 5 nitrogen and oxygen atoms in total. The lowest BCUT2D eigenvalue weighted by molar-refractivity contribution is -0.141. The summed E-state index contributed by atoms with van der Waals surface area (Å²) in [6.45, 7) is 1.79. The Bertz CT molecular complexity index is 273. The number of carbonyl (C=O) groups is 2. The van der Waals surface area contributed by atoms with Gasteiger partial charge in [0, 0.05) is 12.1 Å². The van der Waals surface area contributed by atoms with Crippen molar-refractivity contribution in [1.29, 1.82) is 0 Å². The molecule has 0 bridgehead atoms. The average Bonchev–Trinajstić information content (AvgIpc) is 2.63. The van der Waals surface area contributed by atoms with E-state index in [9.17, 15) is 9.59 Å². The summed E-state index contributed by atoms with van der Waals surface area (Å²) in [6, 6.07) is -0.238. The highest BCUT2D eigenvalue weighted by Gasteiger charge is 2.30. The molecule has 0 aliphatic heterocycles. The third-order valence-electron chi connectivity index (χ3n) is 3.00. The first-order valence-corrected chi connectivity index (χ1v) is 5.67. The lowest BCUT2D eigenvalue weighted by atomic mass is 10.0. The van der Waals surface area contributed by atoms with E-state index >= 15 is 0 Å². The molecule has 0 aromatic heterocycles. The average molecular weight is 265 g/mol. The van der Waals surface area contributed by atoms with Crippen LogP contribution in [0.5, 0.6) is 0 Å². The van der Waals surface area contributed by atoms with E-state index < -0.39 is 0 Å². The Morgan fingerprint density at radius 2 is 2.12 bits per heavy atom. The maximum Gasteiger partial charge on any atom is 0.307 e. The van der Waals surface area contributed by atoms with Gasteiger partial charge in [-0.05, 0) is 19.8 Å². The van der Waals surface area contributed by atoms with E-state index in [0.717, 1.165) is 19.3 Å². The van der Waals surface area contributed by atoms with Crippen LogP contribution >= 0.6 is 12.4 Å². The van der Waals surface area contributed by atoms with Gasteiger partial charge in [0.15, 0.2) is 0 Å². The molecule has 3 atom stereocenters. The zero-order valence-electron chi connectivity index (χ0n) is 10.3. The minimum absolute atomic E-state index is 0. The third-order valence-corrected chi connectivity index (χ3v) is 3.00. The highest BCUT2D eigenvalue weighted by atomic mass is 35.5. The summed E-state index contributed by atoms with van der Waals surface area (Å²) in [4.78, 5) is 22.8. The number of rotatable bonds is 4. The van der Waals surface area contributed by atoms with E-state index in [1.807, 2.05) is 0 Å². The predicted octanol–water partition coefficient (Wildman–Crippen LogP) is 0.603. The van der Waals surface area contributed by atoms with Crippen LogP contribution in [0.3, 0.4) is 0 Å². The maximum absolute atomic E-state index is 11.8. The quantitative estimate of drug-likeness (QED) is 0.729. The van der Waals surface area contributed by atoms with Crippen LogP contribution in [0.15, 0.2) is 0 Å². The highest BCUT2D eigenvalue weighted by Crippen LogP contribution is 2.24. The first-order valence-electron chi connectivity index (χ1n) is 5.67. The topological polar surface area (TPSA) is 81.4 Å². The van der Waals surface area contributed by atoms with Crippen molar-refractivity contribution in [3.63, 3.8) is 0 Å². The largest absolute Gasteiger partial charge is 0.469 e. The second kappa shape index (κ2) is 7.50. The highest BCUT2D eigenvalue weighted by molar-refractivity contribution is 5.85. The Balaban J connectivity index is 0.00000256. The second-order valence-corrected chi connectivity index (χ2v) is 4.39. The summed E-state index contributed by atoms with van der Waals surface area (Å²) in [5.41, 5.74) is 5.83. The molecule has 1 rings (SSSR count). The van der Waals surface area contributed by atoms with Crippen LogP contribution in [-0.2, 0) is 14.3 Å². The zero-order chi connectivity index (χ0) is 12.1. The summed E-state index contributed by atoms with van der Waals surface area (Å²) >= 11 is 0. The second-order valence-electron chi connectivity index (χ2n) is 4.39. The van der Waals surface area contributed by atoms with Gasteiger partial charge in [-0.3, -0.25) is 9.59 Å². The number of halogens is 1. The third kappa shape index (κ3) is 4.91. The van der Waals surface area contributed by atoms with Gasteiger partial charge in [-0.1, -0.05) is 6.42 Å². The van der Waals surface area contributed by atoms with Gasteiger partial charge in [-0.25, -0.2) is 0 Å². The molecule has 100 valence electrons. The summed E-state index contributed by atoms with van der Waals surface area (Å²) < 4.78 is 4.53. The van der Waals surface area contributed by atoms with Crippen LogP contribution in [0.1, 0.15) is 32.6 Å². The van der Waals surface area contributed by atoms with Crippen LogP contribution in [0.2, 0.25) is 0 Å². The zero-order valence-corrected chi connectivity index (χ0v) is 11.1. The SMILES string of the molecule is COC(=O)CC(C)NC(=O)C1CCCC1N.Cl. The van der Waals surface area contributed by atoms with E-state index in [0.29, 0.717) is 0 Å². The fraction of sp³-hybridized carbons (Fsp3) is 0.818. The lowest BCUT2D eigenvalue weighted by Crippen LogP contribution is -2.43. The molecule has 17 heavy (non-hydrogen) atoms. The molecule has 0 aromatic rings. The fourth-order valence-corrected chi connectivity index (χ4v) is 2.05. The normalized spacial score (nSPS) is 24.6. The first kappa shape index (κ1) is 16.2. The number of amides is 1. The van der Waals surface area contributed by atoms with Crippen molar-refractivity contribution in [2.45, 2.75) is 44.7 Å². The molecule has 0 heterocycles. The van der Waals surface area contributed by atoms with E-state index in [4.69, 9.17) is 5.73 Å². The van der Waals surface area contributed by atoms with Gasteiger partial charge in [0.25, 0.3) is 0 Å². The minimum Gasteiger partial charge on any atom is -0.469 e. The monoisotopic (exact) mass is 264 g/mol. The smallest absolute Gasteiger partial charge is 0.307 e. The Labute approximate surface area is 108 Å². The van der Waals surface area contributed by atoms with Crippen molar-refractivity contribution in [2.24, 2.45) is 11.7 Å². The fourth-order valence-electron chi connectivity index (χ4n) is 2.05. The summed E-state index contributed by atoms with van der Waals surface area (Å²) in [5, 5.41) is 2.80. The number of methoxy groups -OCH3 is 1. The number of hydrogen-bond donors (Lipinski definition) is 2. The molecule has 3 N–H and O–H groups in total. The maximum atomic E-state index is 11.8. The number of nitrogens with two attached hydrogens (primary N) is 1. The Hall–Kier alpha value is -0.810. The van der Waals surface area contributed by atoms with E-state index in [-0.39, 0.29) is 48.7 Å². The van der Waals surface area contributed by atoms with Crippen molar-refractivity contribution in [3.05, 3.63) is 0 Å². The van der Waals surface area contributed by atoms with E-state index in [1.165, 1.54) is 7.11 Å². The number of esters is 1. The van der Waals surface area contributed by atoms with Crippen LogP contribution < -0.4 is 11.1 Å². The van der Waals surface area contributed by atoms with Crippen LogP contribution in [0.4, 0.5) is 0 Å². The molecule has 1 aliphatic carbocycles. The van der Waals surface area contributed by atoms with Crippen molar-refractivity contribution in [3.8, 4) is 0 Å². The summed E-state index contributed by atoms with van der Waals surface area (Å²) in [7, 11) is 1.34. The Kier molecular flexibility index (Phi) is 7.15. The summed E-state index contributed by atoms with van der Waals surface area (Å²) in [5.74, 6) is -0.454. The lowest BCUT2D eigenvalue weighted by Gasteiger charge is -2.18. The first-order chi connectivity index (χ1) is 7.54. The Morgan fingerprint density at radius 3 is 2.59 bits per heavy atom. The molecule has 6 heteroatoms. The van der Waals surface area contributed by atoms with Gasteiger partial charge in [0.1, 0.15) is 0 Å². The molecule has 0 radical (unpaired) electrons.